The SMILES string of the molecule is C=C(c1ccccc1)c1ccc(OCCN(CC)c2ccc3c(c2)C(=O)N(C)C3=O)cc1. The maximum atomic E-state index is 12.3. The van der Waals surface area contributed by atoms with Gasteiger partial charge >= 0.3 is 0 Å². The molecule has 0 radical (unpaired) electrons. The predicted octanol–water partition coefficient (Wildman–Crippen LogP) is 4.88. The first-order chi connectivity index (χ1) is 15.5. The summed E-state index contributed by atoms with van der Waals surface area (Å²) in [6.07, 6.45) is 0. The van der Waals surface area contributed by atoms with Gasteiger partial charge in [-0.05, 0) is 54.0 Å². The van der Waals surface area contributed by atoms with Gasteiger partial charge in [0.1, 0.15) is 12.4 Å². The second-order valence-corrected chi connectivity index (χ2v) is 7.70. The topological polar surface area (TPSA) is 49.9 Å². The van der Waals surface area contributed by atoms with Crippen LogP contribution in [0.2, 0.25) is 0 Å². The van der Waals surface area contributed by atoms with Gasteiger partial charge < -0.3 is 9.64 Å². The zero-order valence-electron chi connectivity index (χ0n) is 18.4. The average Bonchev–Trinajstić information content (AvgIpc) is 3.06. The van der Waals surface area contributed by atoms with Crippen LogP contribution in [0.3, 0.4) is 0 Å². The van der Waals surface area contributed by atoms with Crippen molar-refractivity contribution in [3.63, 3.8) is 0 Å². The number of hydrogen-bond donors (Lipinski definition) is 0. The van der Waals surface area contributed by atoms with Crippen molar-refractivity contribution in [2.45, 2.75) is 6.92 Å². The van der Waals surface area contributed by atoms with E-state index in [-0.39, 0.29) is 11.8 Å². The van der Waals surface area contributed by atoms with Gasteiger partial charge in [0.2, 0.25) is 0 Å². The maximum absolute atomic E-state index is 12.3. The third kappa shape index (κ3) is 4.14. The van der Waals surface area contributed by atoms with Crippen LogP contribution in [0.1, 0.15) is 38.8 Å². The van der Waals surface area contributed by atoms with E-state index >= 15 is 0 Å². The van der Waals surface area contributed by atoms with Crippen LogP contribution in [-0.2, 0) is 0 Å². The summed E-state index contributed by atoms with van der Waals surface area (Å²) in [5.74, 6) is 0.291. The predicted molar refractivity (Wildman–Crippen MR) is 127 cm³/mol. The van der Waals surface area contributed by atoms with Crippen LogP contribution in [0.15, 0.2) is 79.4 Å². The molecule has 0 saturated heterocycles. The number of ether oxygens (including phenoxy) is 1. The Kier molecular flexibility index (Phi) is 6.08. The lowest BCUT2D eigenvalue weighted by Crippen LogP contribution is -2.28. The molecule has 0 spiro atoms. The van der Waals surface area contributed by atoms with E-state index in [1.165, 1.54) is 7.05 Å². The largest absolute Gasteiger partial charge is 0.492 e. The molecule has 5 nitrogen and oxygen atoms in total. The van der Waals surface area contributed by atoms with Gasteiger partial charge in [-0.25, -0.2) is 0 Å². The smallest absolute Gasteiger partial charge is 0.261 e. The summed E-state index contributed by atoms with van der Waals surface area (Å²) in [6, 6.07) is 23.5. The molecular weight excluding hydrogens is 400 g/mol. The zero-order valence-corrected chi connectivity index (χ0v) is 18.4. The van der Waals surface area contributed by atoms with Gasteiger partial charge in [-0.3, -0.25) is 14.5 Å². The van der Waals surface area contributed by atoms with E-state index in [9.17, 15) is 9.59 Å². The van der Waals surface area contributed by atoms with Crippen molar-refractivity contribution in [1.82, 2.24) is 4.90 Å². The Balaban J connectivity index is 1.37. The number of rotatable bonds is 8. The number of amides is 2. The number of nitrogens with zero attached hydrogens (tertiary/aromatic N) is 2. The zero-order chi connectivity index (χ0) is 22.7. The Bertz CT molecular complexity index is 1150. The van der Waals surface area contributed by atoms with E-state index in [2.05, 4.69) is 18.4 Å². The maximum Gasteiger partial charge on any atom is 0.261 e. The highest BCUT2D eigenvalue weighted by atomic mass is 16.5. The third-order valence-electron chi connectivity index (χ3n) is 5.78. The van der Waals surface area contributed by atoms with E-state index < -0.39 is 0 Å². The third-order valence-corrected chi connectivity index (χ3v) is 5.78. The Morgan fingerprint density at radius 3 is 2.25 bits per heavy atom. The second-order valence-electron chi connectivity index (χ2n) is 7.70. The van der Waals surface area contributed by atoms with Gasteiger partial charge in [-0.2, -0.15) is 0 Å². The number of hydrogen-bond acceptors (Lipinski definition) is 4. The molecule has 5 heteroatoms. The molecule has 4 rings (SSSR count). The van der Waals surface area contributed by atoms with E-state index in [4.69, 9.17) is 4.74 Å². The van der Waals surface area contributed by atoms with Gasteiger partial charge in [-0.15, -0.1) is 0 Å². The monoisotopic (exact) mass is 426 g/mol. The molecule has 3 aromatic carbocycles. The molecule has 3 aromatic rings. The lowest BCUT2D eigenvalue weighted by Gasteiger charge is -2.23. The van der Waals surface area contributed by atoms with Crippen LogP contribution in [0.5, 0.6) is 5.75 Å². The summed E-state index contributed by atoms with van der Waals surface area (Å²) in [5.41, 5.74) is 4.96. The first-order valence-electron chi connectivity index (χ1n) is 10.7. The van der Waals surface area contributed by atoms with Crippen LogP contribution in [0.25, 0.3) is 5.57 Å². The van der Waals surface area contributed by atoms with E-state index in [0.29, 0.717) is 24.3 Å². The molecule has 0 unspecified atom stereocenters. The highest BCUT2D eigenvalue weighted by Gasteiger charge is 2.33. The van der Waals surface area contributed by atoms with Gasteiger partial charge in [0.15, 0.2) is 0 Å². The van der Waals surface area contributed by atoms with E-state index in [1.807, 2.05) is 60.7 Å². The van der Waals surface area contributed by atoms with Gasteiger partial charge in [-0.1, -0.05) is 49.0 Å². The van der Waals surface area contributed by atoms with Crippen molar-refractivity contribution in [2.75, 3.05) is 31.6 Å². The number of anilines is 1. The number of imide groups is 1. The number of carbonyl (C=O) groups is 2. The van der Waals surface area contributed by atoms with E-state index in [1.54, 1.807) is 12.1 Å². The first-order valence-corrected chi connectivity index (χ1v) is 10.7. The Morgan fingerprint density at radius 2 is 1.56 bits per heavy atom. The lowest BCUT2D eigenvalue weighted by atomic mass is 10.00. The molecule has 0 N–H and O–H groups in total. The lowest BCUT2D eigenvalue weighted by molar-refractivity contribution is 0.0693. The molecule has 32 heavy (non-hydrogen) atoms. The van der Waals surface area contributed by atoms with E-state index in [0.717, 1.165) is 39.6 Å². The van der Waals surface area contributed by atoms with Crippen LogP contribution in [-0.4, -0.2) is 43.5 Å². The fraction of sp³-hybridized carbons (Fsp3) is 0.185. The first kappa shape index (κ1) is 21.4. The number of carbonyl (C=O) groups excluding carboxylic acids is 2. The Hall–Kier alpha value is -3.86. The number of fused-ring (bicyclic) bond motifs is 1. The van der Waals surface area contributed by atoms with Crippen molar-refractivity contribution >= 4 is 23.1 Å². The fourth-order valence-electron chi connectivity index (χ4n) is 3.85. The average molecular weight is 427 g/mol. The summed E-state index contributed by atoms with van der Waals surface area (Å²) in [6.45, 7) is 8.17. The van der Waals surface area contributed by atoms with Crippen molar-refractivity contribution in [3.05, 3.63) is 102 Å². The highest BCUT2D eigenvalue weighted by molar-refractivity contribution is 6.21. The summed E-state index contributed by atoms with van der Waals surface area (Å²) in [4.78, 5) is 27.7. The number of benzene rings is 3. The van der Waals surface area contributed by atoms with Crippen molar-refractivity contribution < 1.29 is 14.3 Å². The highest BCUT2D eigenvalue weighted by Crippen LogP contribution is 2.27. The second kappa shape index (κ2) is 9.10. The molecule has 0 aliphatic carbocycles. The molecule has 1 heterocycles. The van der Waals surface area contributed by atoms with Crippen LogP contribution in [0.4, 0.5) is 5.69 Å². The molecule has 1 aliphatic heterocycles. The molecular formula is C27H26N2O3. The van der Waals surface area contributed by atoms with Crippen LogP contribution < -0.4 is 9.64 Å². The van der Waals surface area contributed by atoms with Crippen LogP contribution in [0, 0.1) is 0 Å². The molecule has 0 saturated carbocycles. The van der Waals surface area contributed by atoms with Crippen LogP contribution >= 0.6 is 0 Å². The standard InChI is InChI=1S/C27H26N2O3/c1-4-29(22-12-15-24-25(18-22)27(31)28(3)26(24)30)16-17-32-23-13-10-21(11-14-23)19(2)20-8-6-5-7-9-20/h5-15,18H,2,4,16-17H2,1,3H3. The molecule has 0 aromatic heterocycles. The Morgan fingerprint density at radius 1 is 0.906 bits per heavy atom. The molecule has 162 valence electrons. The minimum absolute atomic E-state index is 0.249. The van der Waals surface area contributed by atoms with Gasteiger partial charge in [0, 0.05) is 19.3 Å². The normalized spacial score (nSPS) is 12.6. The minimum atomic E-state index is -0.253. The summed E-state index contributed by atoms with van der Waals surface area (Å²) in [7, 11) is 1.51. The molecule has 0 bridgehead atoms. The van der Waals surface area contributed by atoms with Gasteiger partial charge in [0.25, 0.3) is 11.8 Å². The van der Waals surface area contributed by atoms with Crippen molar-refractivity contribution in [3.8, 4) is 5.75 Å². The summed E-state index contributed by atoms with van der Waals surface area (Å²) < 4.78 is 5.95. The molecule has 0 atom stereocenters. The minimum Gasteiger partial charge on any atom is -0.492 e. The number of likely N-dealkylation sites (N-methyl/N-ethyl adjacent to an activating group) is 1. The molecule has 1 aliphatic rings. The molecule has 2 amide bonds. The molecule has 0 fully saturated rings. The quantitative estimate of drug-likeness (QED) is 0.482. The fourth-order valence-corrected chi connectivity index (χ4v) is 3.85. The Labute approximate surface area is 188 Å². The van der Waals surface area contributed by atoms with Crippen molar-refractivity contribution in [2.24, 2.45) is 0 Å². The summed E-state index contributed by atoms with van der Waals surface area (Å²) >= 11 is 0. The van der Waals surface area contributed by atoms with Crippen molar-refractivity contribution in [1.29, 1.82) is 0 Å². The van der Waals surface area contributed by atoms with Gasteiger partial charge in [0.05, 0.1) is 17.7 Å². The summed E-state index contributed by atoms with van der Waals surface area (Å²) in [5, 5.41) is 0.